The number of likely N-dealkylation sites (tertiary alicyclic amines) is 1. The molecule has 0 aromatic rings. The van der Waals surface area contributed by atoms with Crippen LogP contribution < -0.4 is 5.32 Å². The first-order chi connectivity index (χ1) is 8.58. The van der Waals surface area contributed by atoms with Crippen LogP contribution in [0.25, 0.3) is 0 Å². The highest BCUT2D eigenvalue weighted by atomic mass is 16.5. The van der Waals surface area contributed by atoms with E-state index in [2.05, 4.69) is 5.32 Å². The second-order valence-electron chi connectivity index (χ2n) is 5.08. The van der Waals surface area contributed by atoms with E-state index in [0.717, 1.165) is 13.0 Å². The summed E-state index contributed by atoms with van der Waals surface area (Å²) in [7, 11) is 0. The Bertz CT molecular complexity index is 334. The molecule has 6 heteroatoms. The lowest BCUT2D eigenvalue weighted by Crippen LogP contribution is -2.41. The third-order valence-corrected chi connectivity index (χ3v) is 3.87. The van der Waals surface area contributed by atoms with Crippen molar-refractivity contribution in [2.75, 3.05) is 26.2 Å². The number of nitrogens with zero attached hydrogens (tertiary/aromatic N) is 1. The highest BCUT2D eigenvalue weighted by Gasteiger charge is 2.31. The van der Waals surface area contributed by atoms with Gasteiger partial charge in [-0.15, -0.1) is 0 Å². The molecule has 3 unspecified atom stereocenters. The zero-order valence-corrected chi connectivity index (χ0v) is 10.6. The van der Waals surface area contributed by atoms with Gasteiger partial charge < -0.3 is 20.1 Å². The van der Waals surface area contributed by atoms with E-state index in [-0.39, 0.29) is 12.1 Å². The van der Waals surface area contributed by atoms with E-state index >= 15 is 0 Å². The summed E-state index contributed by atoms with van der Waals surface area (Å²) in [5, 5.41) is 11.7. The lowest BCUT2D eigenvalue weighted by molar-refractivity contribution is -0.141. The summed E-state index contributed by atoms with van der Waals surface area (Å²) in [4.78, 5) is 24.2. The van der Waals surface area contributed by atoms with Gasteiger partial charge in [0.05, 0.1) is 12.0 Å². The van der Waals surface area contributed by atoms with Gasteiger partial charge in [0.15, 0.2) is 0 Å². The van der Waals surface area contributed by atoms with Crippen LogP contribution in [0.5, 0.6) is 0 Å². The molecule has 0 aliphatic carbocycles. The Hall–Kier alpha value is -1.30. The molecule has 0 bridgehead atoms. The summed E-state index contributed by atoms with van der Waals surface area (Å²) < 4.78 is 5.43. The number of hydrogen-bond donors (Lipinski definition) is 2. The molecule has 2 rings (SSSR count). The molecular weight excluding hydrogens is 236 g/mol. The van der Waals surface area contributed by atoms with Crippen LogP contribution in [0.15, 0.2) is 0 Å². The maximum atomic E-state index is 11.9. The second kappa shape index (κ2) is 5.56. The normalized spacial score (nSPS) is 31.6. The fourth-order valence-electron chi connectivity index (χ4n) is 2.52. The van der Waals surface area contributed by atoms with Gasteiger partial charge in [0.2, 0.25) is 0 Å². The number of hydrogen-bond acceptors (Lipinski definition) is 3. The minimum atomic E-state index is -0.817. The van der Waals surface area contributed by atoms with Crippen molar-refractivity contribution in [2.24, 2.45) is 11.8 Å². The molecule has 0 radical (unpaired) electrons. The number of nitrogens with one attached hydrogen (secondary N) is 1. The van der Waals surface area contributed by atoms with Crippen LogP contribution in [0.3, 0.4) is 0 Å². The first-order valence-corrected chi connectivity index (χ1v) is 6.45. The number of carboxylic acid groups (broad SMARTS) is 1. The van der Waals surface area contributed by atoms with Crippen LogP contribution in [0.1, 0.15) is 19.8 Å². The van der Waals surface area contributed by atoms with Crippen LogP contribution in [0.2, 0.25) is 0 Å². The molecule has 2 saturated heterocycles. The van der Waals surface area contributed by atoms with Gasteiger partial charge in [-0.25, -0.2) is 4.79 Å². The van der Waals surface area contributed by atoms with Crippen molar-refractivity contribution in [1.82, 2.24) is 10.2 Å². The number of carbonyl (C=O) groups excluding carboxylic acids is 1. The molecule has 3 atom stereocenters. The first kappa shape index (κ1) is 13.1. The topological polar surface area (TPSA) is 78.9 Å². The SMILES string of the molecule is CC1OCCC1CNC(=O)N1CCC(C(=O)O)C1. The van der Waals surface area contributed by atoms with Gasteiger partial charge in [-0.2, -0.15) is 0 Å². The Morgan fingerprint density at radius 3 is 2.78 bits per heavy atom. The molecule has 2 heterocycles. The molecule has 2 aliphatic rings. The molecule has 0 aromatic heterocycles. The summed E-state index contributed by atoms with van der Waals surface area (Å²) >= 11 is 0. The van der Waals surface area contributed by atoms with Gasteiger partial charge in [-0.05, 0) is 19.8 Å². The van der Waals surface area contributed by atoms with Gasteiger partial charge in [-0.1, -0.05) is 0 Å². The summed E-state index contributed by atoms with van der Waals surface area (Å²) in [5.41, 5.74) is 0. The molecule has 0 spiro atoms. The maximum absolute atomic E-state index is 11.9. The summed E-state index contributed by atoms with van der Waals surface area (Å²) in [6.07, 6.45) is 1.71. The van der Waals surface area contributed by atoms with E-state index in [1.807, 2.05) is 6.92 Å². The number of carboxylic acids is 1. The second-order valence-corrected chi connectivity index (χ2v) is 5.08. The van der Waals surface area contributed by atoms with Crippen LogP contribution in [0.4, 0.5) is 4.79 Å². The third kappa shape index (κ3) is 2.93. The molecule has 2 aliphatic heterocycles. The Morgan fingerprint density at radius 2 is 2.22 bits per heavy atom. The number of carbonyl (C=O) groups is 2. The van der Waals surface area contributed by atoms with Crippen molar-refractivity contribution in [1.29, 1.82) is 0 Å². The van der Waals surface area contributed by atoms with Crippen molar-refractivity contribution in [3.8, 4) is 0 Å². The van der Waals surface area contributed by atoms with Crippen molar-refractivity contribution in [3.05, 3.63) is 0 Å². The number of rotatable bonds is 3. The fourth-order valence-corrected chi connectivity index (χ4v) is 2.52. The van der Waals surface area contributed by atoms with Crippen molar-refractivity contribution < 1.29 is 19.4 Å². The van der Waals surface area contributed by atoms with E-state index in [9.17, 15) is 9.59 Å². The Kier molecular flexibility index (Phi) is 4.06. The van der Waals surface area contributed by atoms with Gasteiger partial charge in [0, 0.05) is 32.2 Å². The monoisotopic (exact) mass is 256 g/mol. The molecule has 2 amide bonds. The number of ether oxygens (including phenoxy) is 1. The predicted molar refractivity (Wildman–Crippen MR) is 64.2 cm³/mol. The average Bonchev–Trinajstić information content (AvgIpc) is 2.94. The fraction of sp³-hybridized carbons (Fsp3) is 0.833. The van der Waals surface area contributed by atoms with Crippen LogP contribution in [-0.4, -0.2) is 54.4 Å². The molecule has 2 fully saturated rings. The highest BCUT2D eigenvalue weighted by molar-refractivity contribution is 5.77. The number of urea groups is 1. The van der Waals surface area contributed by atoms with Crippen LogP contribution in [-0.2, 0) is 9.53 Å². The summed E-state index contributed by atoms with van der Waals surface area (Å²) in [6.45, 7) is 4.22. The Morgan fingerprint density at radius 1 is 1.44 bits per heavy atom. The first-order valence-electron chi connectivity index (χ1n) is 6.45. The number of aliphatic carboxylic acids is 1. The van der Waals surface area contributed by atoms with E-state index in [1.54, 1.807) is 4.90 Å². The Balaban J connectivity index is 1.74. The minimum absolute atomic E-state index is 0.155. The third-order valence-electron chi connectivity index (χ3n) is 3.87. The van der Waals surface area contributed by atoms with E-state index < -0.39 is 11.9 Å². The predicted octanol–water partition coefficient (Wildman–Crippen LogP) is 0.527. The molecule has 2 N–H and O–H groups in total. The zero-order chi connectivity index (χ0) is 13.1. The molecule has 0 saturated carbocycles. The van der Waals surface area contributed by atoms with E-state index in [1.165, 1.54) is 0 Å². The zero-order valence-electron chi connectivity index (χ0n) is 10.6. The maximum Gasteiger partial charge on any atom is 0.317 e. The molecular formula is C12H20N2O4. The van der Waals surface area contributed by atoms with Gasteiger partial charge >= 0.3 is 12.0 Å². The lowest BCUT2D eigenvalue weighted by Gasteiger charge is -2.20. The van der Waals surface area contributed by atoms with Crippen LogP contribution in [0, 0.1) is 11.8 Å². The minimum Gasteiger partial charge on any atom is -0.481 e. The number of amides is 2. The van der Waals surface area contributed by atoms with E-state index in [4.69, 9.17) is 9.84 Å². The lowest BCUT2D eigenvalue weighted by atomic mass is 10.0. The molecule has 0 aromatic carbocycles. The van der Waals surface area contributed by atoms with Gasteiger partial charge in [0.25, 0.3) is 0 Å². The smallest absolute Gasteiger partial charge is 0.317 e. The highest BCUT2D eigenvalue weighted by Crippen LogP contribution is 2.20. The van der Waals surface area contributed by atoms with E-state index in [0.29, 0.717) is 32.0 Å². The molecule has 102 valence electrons. The van der Waals surface area contributed by atoms with Crippen molar-refractivity contribution in [2.45, 2.75) is 25.9 Å². The Labute approximate surface area is 106 Å². The average molecular weight is 256 g/mol. The van der Waals surface area contributed by atoms with Gasteiger partial charge in [-0.3, -0.25) is 4.79 Å². The van der Waals surface area contributed by atoms with Crippen molar-refractivity contribution >= 4 is 12.0 Å². The van der Waals surface area contributed by atoms with Crippen LogP contribution >= 0.6 is 0 Å². The quantitative estimate of drug-likeness (QED) is 0.772. The largest absolute Gasteiger partial charge is 0.481 e. The summed E-state index contributed by atoms with van der Waals surface area (Å²) in [6, 6.07) is -0.155. The standard InChI is InChI=1S/C12H20N2O4/c1-8-9(3-5-18-8)6-13-12(17)14-4-2-10(7-14)11(15)16/h8-10H,2-7H2,1H3,(H,13,17)(H,15,16). The molecule has 18 heavy (non-hydrogen) atoms. The summed E-state index contributed by atoms with van der Waals surface area (Å²) in [5.74, 6) is -0.862. The van der Waals surface area contributed by atoms with Gasteiger partial charge in [0.1, 0.15) is 0 Å². The molecule has 6 nitrogen and oxygen atoms in total. The van der Waals surface area contributed by atoms with Crippen molar-refractivity contribution in [3.63, 3.8) is 0 Å².